The summed E-state index contributed by atoms with van der Waals surface area (Å²) in [4.78, 5) is 29.7. The van der Waals surface area contributed by atoms with Gasteiger partial charge >= 0.3 is 0 Å². The van der Waals surface area contributed by atoms with Crippen molar-refractivity contribution in [1.82, 2.24) is 10.2 Å². The molecule has 0 saturated heterocycles. The quantitative estimate of drug-likeness (QED) is 0.134. The van der Waals surface area contributed by atoms with Crippen molar-refractivity contribution in [3.05, 3.63) is 118 Å². The maximum atomic E-state index is 14.6. The highest BCUT2D eigenvalue weighted by Gasteiger charge is 2.35. The van der Waals surface area contributed by atoms with Crippen molar-refractivity contribution in [3.63, 3.8) is 0 Å². The molecule has 4 rings (SSSR count). The Balaban J connectivity index is 1.81. The lowest BCUT2D eigenvalue weighted by atomic mass is 10.0. The van der Waals surface area contributed by atoms with E-state index >= 15 is 0 Å². The summed E-state index contributed by atoms with van der Waals surface area (Å²) < 4.78 is 54.9. The highest BCUT2D eigenvalue weighted by Crippen LogP contribution is 2.32. The van der Waals surface area contributed by atoms with Crippen LogP contribution in [0, 0.1) is 5.82 Å². The Morgan fingerprint density at radius 2 is 1.56 bits per heavy atom. The summed E-state index contributed by atoms with van der Waals surface area (Å²) in [6, 6.07) is 24.6. The molecule has 254 valence electrons. The van der Waals surface area contributed by atoms with E-state index in [-0.39, 0.29) is 35.2 Å². The number of hydrogen-bond donors (Lipinski definition) is 1. The zero-order chi connectivity index (χ0) is 34.7. The molecule has 9 nitrogen and oxygen atoms in total. The number of hydrogen-bond acceptors (Lipinski definition) is 6. The number of anilines is 1. The van der Waals surface area contributed by atoms with Crippen LogP contribution in [0.25, 0.3) is 0 Å². The second kappa shape index (κ2) is 17.1. The number of ether oxygens (including phenoxy) is 2. The predicted molar refractivity (Wildman–Crippen MR) is 187 cm³/mol. The monoisotopic (exact) mass is 739 g/mol. The molecule has 48 heavy (non-hydrogen) atoms. The van der Waals surface area contributed by atoms with E-state index in [4.69, 9.17) is 9.47 Å². The highest BCUT2D eigenvalue weighted by molar-refractivity contribution is 9.10. The number of nitrogens with zero attached hydrogens (tertiary/aromatic N) is 2. The molecule has 0 spiro atoms. The van der Waals surface area contributed by atoms with Crippen LogP contribution >= 0.6 is 15.9 Å². The molecule has 12 heteroatoms. The molecule has 4 aromatic carbocycles. The minimum Gasteiger partial charge on any atom is -0.493 e. The minimum atomic E-state index is -4.44. The Hall–Kier alpha value is -4.42. The molecule has 2 amide bonds. The van der Waals surface area contributed by atoms with Gasteiger partial charge < -0.3 is 19.7 Å². The normalized spacial score (nSPS) is 11.8. The van der Waals surface area contributed by atoms with Crippen molar-refractivity contribution in [3.8, 4) is 11.5 Å². The average molecular weight is 741 g/mol. The third-order valence-corrected chi connectivity index (χ3v) is 9.94. The zero-order valence-electron chi connectivity index (χ0n) is 27.1. The maximum absolute atomic E-state index is 14.6. The molecule has 1 unspecified atom stereocenters. The van der Waals surface area contributed by atoms with Crippen molar-refractivity contribution in [2.45, 2.75) is 43.7 Å². The fraction of sp³-hybridized carbons (Fsp3) is 0.278. The molecule has 0 aliphatic carbocycles. The first-order valence-electron chi connectivity index (χ1n) is 15.4. The summed E-state index contributed by atoms with van der Waals surface area (Å²) in [5.41, 5.74) is 1.62. The van der Waals surface area contributed by atoms with Gasteiger partial charge in [0.15, 0.2) is 11.5 Å². The van der Waals surface area contributed by atoms with Gasteiger partial charge in [0.05, 0.1) is 24.8 Å². The second-order valence-electron chi connectivity index (χ2n) is 11.0. The standard InChI is InChI=1S/C36H39BrFN3O6S/c1-4-5-20-39-36(43)32(22-26-10-7-6-8-11-26)40(24-27-12-9-13-28(37)21-27)35(42)25-41(30-16-14-29(38)15-17-30)48(44,45)31-18-19-33(46-2)34(23-31)47-3/h6-19,21,23,32H,4-5,20,22,24-25H2,1-3H3,(H,39,43). The lowest BCUT2D eigenvalue weighted by molar-refractivity contribution is -0.140. The summed E-state index contributed by atoms with van der Waals surface area (Å²) >= 11 is 3.48. The summed E-state index contributed by atoms with van der Waals surface area (Å²) in [5.74, 6) is -1.07. The van der Waals surface area contributed by atoms with Gasteiger partial charge in [0.1, 0.15) is 18.4 Å². The van der Waals surface area contributed by atoms with Gasteiger partial charge in [-0.3, -0.25) is 13.9 Å². The number of nitrogens with one attached hydrogen (secondary N) is 1. The molecule has 0 saturated carbocycles. The fourth-order valence-corrected chi connectivity index (χ4v) is 7.01. The second-order valence-corrected chi connectivity index (χ2v) is 13.8. The molecule has 0 heterocycles. The van der Waals surface area contributed by atoms with E-state index < -0.39 is 34.3 Å². The van der Waals surface area contributed by atoms with Crippen LogP contribution in [0.15, 0.2) is 106 Å². The number of rotatable bonds is 16. The Morgan fingerprint density at radius 1 is 0.875 bits per heavy atom. The number of unbranched alkanes of at least 4 members (excludes halogenated alkanes) is 1. The van der Waals surface area contributed by atoms with Gasteiger partial charge in [-0.05, 0) is 66.1 Å². The van der Waals surface area contributed by atoms with Gasteiger partial charge in [0, 0.05) is 30.0 Å². The largest absolute Gasteiger partial charge is 0.493 e. The van der Waals surface area contributed by atoms with E-state index in [1.807, 2.05) is 61.5 Å². The number of carbonyl (C=O) groups excluding carboxylic acids is 2. The molecule has 1 N–H and O–H groups in total. The Kier molecular flexibility index (Phi) is 13.0. The van der Waals surface area contributed by atoms with Crippen LogP contribution in [0.1, 0.15) is 30.9 Å². The van der Waals surface area contributed by atoms with Crippen LogP contribution in [0.5, 0.6) is 11.5 Å². The number of benzene rings is 4. The SMILES string of the molecule is CCCCNC(=O)C(Cc1ccccc1)N(Cc1cccc(Br)c1)C(=O)CN(c1ccc(F)cc1)S(=O)(=O)c1ccc(OC)c(OC)c1. The molecule has 0 aromatic heterocycles. The van der Waals surface area contributed by atoms with Gasteiger partial charge in [0.25, 0.3) is 10.0 Å². The summed E-state index contributed by atoms with van der Waals surface area (Å²) in [6.07, 6.45) is 1.81. The van der Waals surface area contributed by atoms with Crippen molar-refractivity contribution < 1.29 is 31.9 Å². The van der Waals surface area contributed by atoms with Crippen molar-refractivity contribution in [2.24, 2.45) is 0 Å². The molecule has 1 atom stereocenters. The highest BCUT2D eigenvalue weighted by atomic mass is 79.9. The minimum absolute atomic E-state index is 0.0185. The first-order valence-corrected chi connectivity index (χ1v) is 17.7. The van der Waals surface area contributed by atoms with E-state index in [1.165, 1.54) is 49.5 Å². The summed E-state index contributed by atoms with van der Waals surface area (Å²) in [5, 5.41) is 2.97. The predicted octanol–water partition coefficient (Wildman–Crippen LogP) is 6.36. The molecule has 0 fully saturated rings. The molecular weight excluding hydrogens is 701 g/mol. The van der Waals surface area contributed by atoms with E-state index in [0.29, 0.717) is 12.3 Å². The van der Waals surface area contributed by atoms with Gasteiger partial charge in [0.2, 0.25) is 11.8 Å². The van der Waals surface area contributed by atoms with Crippen molar-refractivity contribution in [2.75, 3.05) is 31.6 Å². The van der Waals surface area contributed by atoms with E-state index in [9.17, 15) is 22.4 Å². The van der Waals surface area contributed by atoms with Gasteiger partial charge in [-0.1, -0.05) is 71.7 Å². The Bertz CT molecular complexity index is 1790. The lowest BCUT2D eigenvalue weighted by Crippen LogP contribution is -2.53. The zero-order valence-corrected chi connectivity index (χ0v) is 29.5. The van der Waals surface area contributed by atoms with E-state index in [0.717, 1.165) is 44.9 Å². The van der Waals surface area contributed by atoms with E-state index in [2.05, 4.69) is 21.2 Å². The summed E-state index contributed by atoms with van der Waals surface area (Å²) in [7, 11) is -1.62. The van der Waals surface area contributed by atoms with Gasteiger partial charge in [-0.25, -0.2) is 12.8 Å². The number of halogens is 2. The van der Waals surface area contributed by atoms with E-state index in [1.54, 1.807) is 0 Å². The number of carbonyl (C=O) groups is 2. The molecule has 0 radical (unpaired) electrons. The van der Waals surface area contributed by atoms with Crippen molar-refractivity contribution >= 4 is 43.5 Å². The molecule has 4 aromatic rings. The van der Waals surface area contributed by atoms with Crippen LogP contribution in [0.3, 0.4) is 0 Å². The molecule has 0 bridgehead atoms. The topological polar surface area (TPSA) is 105 Å². The molecule has 0 aliphatic rings. The van der Waals surface area contributed by atoms with Gasteiger partial charge in [-0.2, -0.15) is 0 Å². The average Bonchev–Trinajstić information content (AvgIpc) is 3.09. The molecule has 0 aliphatic heterocycles. The van der Waals surface area contributed by atoms with Crippen LogP contribution in [0.2, 0.25) is 0 Å². The smallest absolute Gasteiger partial charge is 0.264 e. The first-order chi connectivity index (χ1) is 23.1. The first kappa shape index (κ1) is 36.4. The third-order valence-electron chi connectivity index (χ3n) is 7.68. The molecular formula is C36H39BrFN3O6S. The fourth-order valence-electron chi connectivity index (χ4n) is 5.13. The van der Waals surface area contributed by atoms with Crippen LogP contribution < -0.4 is 19.1 Å². The van der Waals surface area contributed by atoms with Crippen LogP contribution in [0.4, 0.5) is 10.1 Å². The maximum Gasteiger partial charge on any atom is 0.264 e. The number of sulfonamides is 1. The Morgan fingerprint density at radius 3 is 2.21 bits per heavy atom. The number of methoxy groups -OCH3 is 2. The third kappa shape index (κ3) is 9.35. The van der Waals surface area contributed by atoms with Crippen molar-refractivity contribution in [1.29, 1.82) is 0 Å². The van der Waals surface area contributed by atoms with Crippen LogP contribution in [-0.2, 0) is 32.6 Å². The van der Waals surface area contributed by atoms with Gasteiger partial charge in [-0.15, -0.1) is 0 Å². The van der Waals surface area contributed by atoms with Crippen LogP contribution in [-0.4, -0.2) is 58.5 Å². The number of amides is 2. The summed E-state index contributed by atoms with van der Waals surface area (Å²) in [6.45, 7) is 1.78. The lowest BCUT2D eigenvalue weighted by Gasteiger charge is -2.34. The Labute approximate surface area is 289 Å².